The van der Waals surface area contributed by atoms with Crippen molar-refractivity contribution in [3.8, 4) is 11.6 Å². The largest absolute Gasteiger partial charge is 0.436 e. The molecule has 0 bridgehead atoms. The smallest absolute Gasteiger partial charge is 0.241 e. The van der Waals surface area contributed by atoms with Gasteiger partial charge in [-0.3, -0.25) is 9.78 Å². The molecule has 3 rings (SSSR count). The van der Waals surface area contributed by atoms with E-state index in [0.29, 0.717) is 23.0 Å². The monoisotopic (exact) mass is 365 g/mol. The highest BCUT2D eigenvalue weighted by Crippen LogP contribution is 2.32. The second-order valence-corrected chi connectivity index (χ2v) is 6.39. The van der Waals surface area contributed by atoms with E-state index in [1.54, 1.807) is 43.2 Å². The van der Waals surface area contributed by atoms with Crippen molar-refractivity contribution in [3.63, 3.8) is 0 Å². The van der Waals surface area contributed by atoms with Crippen molar-refractivity contribution in [2.24, 2.45) is 18.7 Å². The SMILES string of the molecule is Cc1nn(C)c(Oc2cccnc2)c1NC(=O)C(C)C(N)c1ccccc1. The summed E-state index contributed by atoms with van der Waals surface area (Å²) in [6, 6.07) is 12.7. The first-order valence-corrected chi connectivity index (χ1v) is 8.70. The summed E-state index contributed by atoms with van der Waals surface area (Å²) in [5.74, 6) is 0.371. The zero-order valence-electron chi connectivity index (χ0n) is 15.6. The Kier molecular flexibility index (Phi) is 5.52. The first-order valence-electron chi connectivity index (χ1n) is 8.70. The van der Waals surface area contributed by atoms with Crippen LogP contribution in [0.25, 0.3) is 0 Å². The third-order valence-electron chi connectivity index (χ3n) is 4.40. The van der Waals surface area contributed by atoms with Gasteiger partial charge < -0.3 is 15.8 Å². The van der Waals surface area contributed by atoms with Crippen LogP contribution in [0.3, 0.4) is 0 Å². The lowest BCUT2D eigenvalue weighted by atomic mass is 9.94. The molecule has 2 unspecified atom stereocenters. The van der Waals surface area contributed by atoms with Crippen molar-refractivity contribution < 1.29 is 9.53 Å². The lowest BCUT2D eigenvalue weighted by Crippen LogP contribution is -2.30. The lowest BCUT2D eigenvalue weighted by Gasteiger charge is -2.20. The van der Waals surface area contributed by atoms with Crippen LogP contribution < -0.4 is 15.8 Å². The fourth-order valence-electron chi connectivity index (χ4n) is 2.78. The Morgan fingerprint density at radius 3 is 2.63 bits per heavy atom. The molecule has 2 atom stereocenters. The van der Waals surface area contributed by atoms with Gasteiger partial charge in [0.25, 0.3) is 0 Å². The number of amides is 1. The fraction of sp³-hybridized carbons (Fsp3) is 0.250. The summed E-state index contributed by atoms with van der Waals surface area (Å²) in [6.07, 6.45) is 3.26. The minimum atomic E-state index is -0.432. The number of carbonyl (C=O) groups is 1. The number of aromatic nitrogens is 3. The fourth-order valence-corrected chi connectivity index (χ4v) is 2.78. The summed E-state index contributed by atoms with van der Waals surface area (Å²) in [7, 11) is 1.76. The number of hydrogen-bond acceptors (Lipinski definition) is 5. The predicted molar refractivity (Wildman–Crippen MR) is 103 cm³/mol. The van der Waals surface area contributed by atoms with Gasteiger partial charge in [0.1, 0.15) is 11.4 Å². The van der Waals surface area contributed by atoms with Gasteiger partial charge in [-0.05, 0) is 24.6 Å². The maximum atomic E-state index is 12.8. The molecular weight excluding hydrogens is 342 g/mol. The van der Waals surface area contributed by atoms with Crippen LogP contribution in [0.1, 0.15) is 24.2 Å². The van der Waals surface area contributed by atoms with Crippen LogP contribution in [0, 0.1) is 12.8 Å². The highest BCUT2D eigenvalue weighted by molar-refractivity contribution is 5.94. The Balaban J connectivity index is 1.79. The van der Waals surface area contributed by atoms with Crippen molar-refractivity contribution in [3.05, 3.63) is 66.1 Å². The topological polar surface area (TPSA) is 95.1 Å². The van der Waals surface area contributed by atoms with Gasteiger partial charge in [0, 0.05) is 19.3 Å². The second kappa shape index (κ2) is 8.01. The molecule has 3 N–H and O–H groups in total. The van der Waals surface area contributed by atoms with Crippen LogP contribution >= 0.6 is 0 Å². The van der Waals surface area contributed by atoms with Gasteiger partial charge in [0.2, 0.25) is 11.8 Å². The number of pyridine rings is 1. The molecular formula is C20H23N5O2. The van der Waals surface area contributed by atoms with Gasteiger partial charge in [-0.25, -0.2) is 4.68 Å². The third-order valence-corrected chi connectivity index (χ3v) is 4.40. The number of hydrogen-bond donors (Lipinski definition) is 2. The predicted octanol–water partition coefficient (Wildman–Crippen LogP) is 3.19. The number of rotatable bonds is 6. The molecule has 0 saturated heterocycles. The van der Waals surface area contributed by atoms with Crippen LogP contribution in [0.5, 0.6) is 11.6 Å². The molecule has 7 heteroatoms. The summed E-state index contributed by atoms with van der Waals surface area (Å²) in [5.41, 5.74) is 8.37. The molecule has 0 fully saturated rings. The summed E-state index contributed by atoms with van der Waals surface area (Å²) >= 11 is 0. The molecule has 1 amide bonds. The number of nitrogens with zero attached hydrogens (tertiary/aromatic N) is 3. The Morgan fingerprint density at radius 2 is 1.96 bits per heavy atom. The van der Waals surface area contributed by atoms with E-state index >= 15 is 0 Å². The molecule has 0 radical (unpaired) electrons. The molecule has 140 valence electrons. The number of benzene rings is 1. The van der Waals surface area contributed by atoms with E-state index in [1.165, 1.54) is 0 Å². The van der Waals surface area contributed by atoms with Crippen LogP contribution in [0.2, 0.25) is 0 Å². The highest BCUT2D eigenvalue weighted by atomic mass is 16.5. The van der Waals surface area contributed by atoms with Gasteiger partial charge >= 0.3 is 0 Å². The molecule has 27 heavy (non-hydrogen) atoms. The van der Waals surface area contributed by atoms with Gasteiger partial charge in [-0.15, -0.1) is 0 Å². The van der Waals surface area contributed by atoms with Crippen molar-refractivity contribution in [1.82, 2.24) is 14.8 Å². The van der Waals surface area contributed by atoms with Gasteiger partial charge in [-0.1, -0.05) is 37.3 Å². The maximum Gasteiger partial charge on any atom is 0.241 e. The summed E-state index contributed by atoms with van der Waals surface area (Å²) < 4.78 is 7.46. The standard InChI is InChI=1S/C20H23N5O2/c1-13(17(21)15-8-5-4-6-9-15)19(26)23-18-14(2)24-25(3)20(18)27-16-10-7-11-22-12-16/h4-13,17H,21H2,1-3H3,(H,23,26). The van der Waals surface area contributed by atoms with Gasteiger partial charge in [-0.2, -0.15) is 5.10 Å². The Bertz CT molecular complexity index is 909. The van der Waals surface area contributed by atoms with Crippen LogP contribution in [0.15, 0.2) is 54.9 Å². The normalized spacial score (nSPS) is 13.0. The molecule has 2 aromatic heterocycles. The minimum absolute atomic E-state index is 0.196. The number of ether oxygens (including phenoxy) is 1. The van der Waals surface area contributed by atoms with Crippen molar-refractivity contribution in [2.75, 3.05) is 5.32 Å². The zero-order valence-corrected chi connectivity index (χ0v) is 15.6. The first kappa shape index (κ1) is 18.6. The second-order valence-electron chi connectivity index (χ2n) is 6.39. The van der Waals surface area contributed by atoms with E-state index in [9.17, 15) is 4.79 Å². The summed E-state index contributed by atoms with van der Waals surface area (Å²) in [6.45, 7) is 3.62. The van der Waals surface area contributed by atoms with Crippen molar-refractivity contribution in [2.45, 2.75) is 19.9 Å². The summed E-state index contributed by atoms with van der Waals surface area (Å²) in [5, 5.41) is 7.27. The Labute approximate surface area is 158 Å². The van der Waals surface area contributed by atoms with E-state index in [2.05, 4.69) is 15.4 Å². The maximum absolute atomic E-state index is 12.8. The van der Waals surface area contributed by atoms with Crippen molar-refractivity contribution in [1.29, 1.82) is 0 Å². The van der Waals surface area contributed by atoms with Crippen LogP contribution in [-0.2, 0) is 11.8 Å². The minimum Gasteiger partial charge on any atom is -0.436 e. The molecule has 0 saturated carbocycles. The molecule has 0 aliphatic carbocycles. The quantitative estimate of drug-likeness (QED) is 0.699. The van der Waals surface area contributed by atoms with E-state index < -0.39 is 12.0 Å². The zero-order chi connectivity index (χ0) is 19.4. The average molecular weight is 365 g/mol. The number of nitrogens with one attached hydrogen (secondary N) is 1. The third kappa shape index (κ3) is 4.15. The molecule has 0 aliphatic rings. The number of carbonyl (C=O) groups excluding carboxylic acids is 1. The van der Waals surface area contributed by atoms with E-state index in [1.807, 2.05) is 37.3 Å². The lowest BCUT2D eigenvalue weighted by molar-refractivity contribution is -0.120. The Morgan fingerprint density at radius 1 is 1.22 bits per heavy atom. The van der Waals surface area contributed by atoms with E-state index in [-0.39, 0.29) is 5.91 Å². The molecule has 3 aromatic rings. The van der Waals surface area contributed by atoms with E-state index in [0.717, 1.165) is 5.56 Å². The highest BCUT2D eigenvalue weighted by Gasteiger charge is 2.25. The first-order chi connectivity index (χ1) is 13.0. The van der Waals surface area contributed by atoms with Crippen molar-refractivity contribution >= 4 is 11.6 Å². The van der Waals surface area contributed by atoms with Crippen LogP contribution in [0.4, 0.5) is 5.69 Å². The number of anilines is 1. The van der Waals surface area contributed by atoms with Gasteiger partial charge in [0.15, 0.2) is 0 Å². The average Bonchev–Trinajstić information content (AvgIpc) is 2.95. The molecule has 1 aromatic carbocycles. The molecule has 0 aliphatic heterocycles. The number of nitrogens with two attached hydrogens (primary N) is 1. The summed E-state index contributed by atoms with van der Waals surface area (Å²) in [4.78, 5) is 16.8. The van der Waals surface area contributed by atoms with Gasteiger partial charge in [0.05, 0.1) is 17.8 Å². The number of aryl methyl sites for hydroxylation is 2. The molecule has 7 nitrogen and oxygen atoms in total. The Hall–Kier alpha value is -3.19. The molecule has 2 heterocycles. The van der Waals surface area contributed by atoms with Crippen LogP contribution in [-0.4, -0.2) is 20.7 Å². The molecule has 0 spiro atoms. The van der Waals surface area contributed by atoms with E-state index in [4.69, 9.17) is 10.5 Å².